The first-order valence-corrected chi connectivity index (χ1v) is 8.25. The van der Waals surface area contributed by atoms with Crippen molar-refractivity contribution in [2.24, 2.45) is 5.10 Å². The van der Waals surface area contributed by atoms with Gasteiger partial charge in [-0.1, -0.05) is 12.1 Å². The molecule has 2 aromatic rings. The van der Waals surface area contributed by atoms with E-state index in [2.05, 4.69) is 55.7 Å². The van der Waals surface area contributed by atoms with E-state index in [1.807, 2.05) is 48.5 Å². The van der Waals surface area contributed by atoms with Gasteiger partial charge in [-0.05, 0) is 87.1 Å². The number of amides is 1. The standard InChI is InChI=1S/C15H12I2N2O2/c16-12-3-1-11(2-4-12)9-18-19-15(20)10-21-14-7-5-13(17)6-8-14/h1-9H,10H2,(H,19,20)/b18-9+. The first-order valence-electron chi connectivity index (χ1n) is 6.09. The van der Waals surface area contributed by atoms with Crippen LogP contribution >= 0.6 is 45.2 Å². The van der Waals surface area contributed by atoms with Crippen molar-refractivity contribution >= 4 is 57.3 Å². The fourth-order valence-corrected chi connectivity index (χ4v) is 2.16. The summed E-state index contributed by atoms with van der Waals surface area (Å²) in [6.07, 6.45) is 1.60. The average molecular weight is 506 g/mol. The van der Waals surface area contributed by atoms with E-state index in [4.69, 9.17) is 4.74 Å². The van der Waals surface area contributed by atoms with Crippen LogP contribution in [0.15, 0.2) is 53.6 Å². The zero-order chi connectivity index (χ0) is 15.1. The summed E-state index contributed by atoms with van der Waals surface area (Å²) in [5.74, 6) is 0.363. The van der Waals surface area contributed by atoms with E-state index in [0.717, 1.165) is 12.7 Å². The lowest BCUT2D eigenvalue weighted by molar-refractivity contribution is -0.123. The highest BCUT2D eigenvalue weighted by atomic mass is 127. The molecule has 0 saturated carbocycles. The summed E-state index contributed by atoms with van der Waals surface area (Å²) >= 11 is 4.44. The SMILES string of the molecule is O=C(COc1ccc(I)cc1)N/N=C/c1ccc(I)cc1. The smallest absolute Gasteiger partial charge is 0.277 e. The number of ether oxygens (including phenoxy) is 1. The Morgan fingerprint density at radius 1 is 1.05 bits per heavy atom. The molecule has 0 bridgehead atoms. The summed E-state index contributed by atoms with van der Waals surface area (Å²) in [6.45, 7) is -0.0649. The van der Waals surface area contributed by atoms with Gasteiger partial charge in [0, 0.05) is 7.14 Å². The van der Waals surface area contributed by atoms with E-state index in [0.29, 0.717) is 5.75 Å². The Balaban J connectivity index is 1.77. The Hall–Kier alpha value is -1.16. The number of hydrogen-bond acceptors (Lipinski definition) is 3. The summed E-state index contributed by atoms with van der Waals surface area (Å²) in [7, 11) is 0. The second-order valence-electron chi connectivity index (χ2n) is 4.09. The third kappa shape index (κ3) is 6.00. The third-order valence-electron chi connectivity index (χ3n) is 2.46. The molecule has 0 unspecified atom stereocenters. The predicted octanol–water partition coefficient (Wildman–Crippen LogP) is 3.42. The van der Waals surface area contributed by atoms with Crippen molar-refractivity contribution in [2.45, 2.75) is 0 Å². The van der Waals surface area contributed by atoms with Crippen LogP contribution in [-0.4, -0.2) is 18.7 Å². The molecule has 1 N–H and O–H groups in total. The largest absolute Gasteiger partial charge is 0.484 e. The van der Waals surface area contributed by atoms with Gasteiger partial charge in [0.15, 0.2) is 6.61 Å². The Morgan fingerprint density at radius 3 is 2.24 bits per heavy atom. The summed E-state index contributed by atoms with van der Waals surface area (Å²) in [4.78, 5) is 11.6. The van der Waals surface area contributed by atoms with E-state index in [1.54, 1.807) is 6.21 Å². The minimum absolute atomic E-state index is 0.0649. The topological polar surface area (TPSA) is 50.7 Å². The zero-order valence-corrected chi connectivity index (χ0v) is 15.2. The van der Waals surface area contributed by atoms with Gasteiger partial charge in [-0.15, -0.1) is 0 Å². The van der Waals surface area contributed by atoms with Crippen LogP contribution < -0.4 is 10.2 Å². The van der Waals surface area contributed by atoms with Crippen molar-refractivity contribution in [1.29, 1.82) is 0 Å². The molecular weight excluding hydrogens is 494 g/mol. The number of nitrogens with one attached hydrogen (secondary N) is 1. The average Bonchev–Trinajstić information content (AvgIpc) is 2.49. The zero-order valence-electron chi connectivity index (χ0n) is 10.9. The molecule has 4 nitrogen and oxygen atoms in total. The van der Waals surface area contributed by atoms with Crippen LogP contribution in [0.3, 0.4) is 0 Å². The Morgan fingerprint density at radius 2 is 1.62 bits per heavy atom. The third-order valence-corrected chi connectivity index (χ3v) is 3.89. The molecule has 21 heavy (non-hydrogen) atoms. The molecular formula is C15H12I2N2O2. The van der Waals surface area contributed by atoms with Gasteiger partial charge in [0.25, 0.3) is 5.91 Å². The first kappa shape index (κ1) is 16.2. The van der Waals surface area contributed by atoms with Crippen molar-refractivity contribution in [3.8, 4) is 5.75 Å². The maximum atomic E-state index is 11.6. The van der Waals surface area contributed by atoms with Crippen molar-refractivity contribution < 1.29 is 9.53 Å². The number of carbonyl (C=O) groups excluding carboxylic acids is 1. The summed E-state index contributed by atoms with van der Waals surface area (Å²) in [5, 5.41) is 3.89. The molecule has 0 spiro atoms. The number of benzene rings is 2. The second kappa shape index (κ2) is 8.32. The molecule has 1 amide bonds. The van der Waals surface area contributed by atoms with Gasteiger partial charge in [-0.25, -0.2) is 5.43 Å². The Kier molecular flexibility index (Phi) is 6.43. The summed E-state index contributed by atoms with van der Waals surface area (Å²) in [6, 6.07) is 15.3. The van der Waals surface area contributed by atoms with E-state index < -0.39 is 0 Å². The van der Waals surface area contributed by atoms with E-state index in [-0.39, 0.29) is 12.5 Å². The molecule has 0 heterocycles. The maximum Gasteiger partial charge on any atom is 0.277 e. The van der Waals surface area contributed by atoms with Gasteiger partial charge in [-0.2, -0.15) is 5.10 Å². The van der Waals surface area contributed by atoms with Crippen molar-refractivity contribution in [2.75, 3.05) is 6.61 Å². The quantitative estimate of drug-likeness (QED) is 0.384. The maximum absolute atomic E-state index is 11.6. The van der Waals surface area contributed by atoms with Crippen molar-refractivity contribution in [3.05, 3.63) is 61.2 Å². The summed E-state index contributed by atoms with van der Waals surface area (Å²) in [5.41, 5.74) is 3.35. The van der Waals surface area contributed by atoms with Gasteiger partial charge < -0.3 is 4.74 Å². The second-order valence-corrected chi connectivity index (χ2v) is 6.58. The minimum Gasteiger partial charge on any atom is -0.484 e. The van der Waals surface area contributed by atoms with Gasteiger partial charge >= 0.3 is 0 Å². The number of hydrogen-bond donors (Lipinski definition) is 1. The monoisotopic (exact) mass is 506 g/mol. The molecule has 0 aromatic heterocycles. The van der Waals surface area contributed by atoms with Gasteiger partial charge in [0.05, 0.1) is 6.21 Å². The lowest BCUT2D eigenvalue weighted by atomic mass is 10.2. The first-order chi connectivity index (χ1) is 10.1. The van der Waals surface area contributed by atoms with Crippen LogP contribution in [0.5, 0.6) is 5.75 Å². The molecule has 0 aliphatic carbocycles. The Bertz CT molecular complexity index is 625. The van der Waals surface area contributed by atoms with E-state index in [1.165, 1.54) is 0 Å². The molecule has 108 valence electrons. The highest BCUT2D eigenvalue weighted by molar-refractivity contribution is 14.1. The van der Waals surface area contributed by atoms with E-state index >= 15 is 0 Å². The van der Waals surface area contributed by atoms with Gasteiger partial charge in [0.2, 0.25) is 0 Å². The van der Waals surface area contributed by atoms with Crippen LogP contribution in [0.25, 0.3) is 0 Å². The lowest BCUT2D eigenvalue weighted by Gasteiger charge is -2.04. The number of carbonyl (C=O) groups is 1. The summed E-state index contributed by atoms with van der Waals surface area (Å²) < 4.78 is 7.62. The molecule has 0 aliphatic rings. The van der Waals surface area contributed by atoms with Crippen LogP contribution in [0, 0.1) is 7.14 Å². The van der Waals surface area contributed by atoms with Crippen molar-refractivity contribution in [1.82, 2.24) is 5.43 Å². The highest BCUT2D eigenvalue weighted by Crippen LogP contribution is 2.13. The fraction of sp³-hybridized carbons (Fsp3) is 0.0667. The van der Waals surface area contributed by atoms with Crippen LogP contribution in [0.4, 0.5) is 0 Å². The molecule has 2 rings (SSSR count). The lowest BCUT2D eigenvalue weighted by Crippen LogP contribution is -2.24. The molecule has 6 heteroatoms. The molecule has 0 radical (unpaired) electrons. The van der Waals surface area contributed by atoms with Crippen LogP contribution in [-0.2, 0) is 4.79 Å². The number of rotatable bonds is 5. The Labute approximate surface area is 150 Å². The number of halogens is 2. The fourth-order valence-electron chi connectivity index (χ4n) is 1.44. The van der Waals surface area contributed by atoms with Crippen LogP contribution in [0.2, 0.25) is 0 Å². The van der Waals surface area contributed by atoms with Crippen LogP contribution in [0.1, 0.15) is 5.56 Å². The number of nitrogens with zero attached hydrogens (tertiary/aromatic N) is 1. The number of hydrazone groups is 1. The molecule has 0 fully saturated rings. The highest BCUT2D eigenvalue weighted by Gasteiger charge is 2.01. The molecule has 2 aromatic carbocycles. The molecule has 0 atom stereocenters. The van der Waals surface area contributed by atoms with Crippen molar-refractivity contribution in [3.63, 3.8) is 0 Å². The molecule has 0 saturated heterocycles. The normalized spacial score (nSPS) is 10.6. The van der Waals surface area contributed by atoms with E-state index in [9.17, 15) is 4.79 Å². The van der Waals surface area contributed by atoms with Gasteiger partial charge in [0.1, 0.15) is 5.75 Å². The molecule has 0 aliphatic heterocycles. The predicted molar refractivity (Wildman–Crippen MR) is 99.5 cm³/mol. The minimum atomic E-state index is -0.296. The van der Waals surface area contributed by atoms with Gasteiger partial charge in [-0.3, -0.25) is 4.79 Å².